The maximum absolute atomic E-state index is 12.5. The number of nitrogens with two attached hydrogens (primary N) is 1. The first kappa shape index (κ1) is 20.0. The Morgan fingerprint density at radius 1 is 1.17 bits per heavy atom. The minimum absolute atomic E-state index is 0.00699. The van der Waals surface area contributed by atoms with Crippen LogP contribution in [0, 0.1) is 11.3 Å². The normalized spacial score (nSPS) is 16.1. The quantitative estimate of drug-likeness (QED) is 0.752. The molecule has 0 fully saturated rings. The third-order valence-electron chi connectivity index (χ3n) is 4.56. The molecule has 3 rings (SSSR count). The molecule has 1 atom stereocenters. The fourth-order valence-electron chi connectivity index (χ4n) is 3.19. The number of benzene rings is 2. The zero-order valence-corrected chi connectivity index (χ0v) is 16.3. The highest BCUT2D eigenvalue weighted by Crippen LogP contribution is 2.39. The van der Waals surface area contributed by atoms with Crippen LogP contribution in [-0.2, 0) is 20.9 Å². The Kier molecular flexibility index (Phi) is 6.20. The van der Waals surface area contributed by atoms with E-state index in [9.17, 15) is 10.1 Å². The molecule has 2 N–H and O–H groups in total. The molecule has 0 saturated carbocycles. The van der Waals surface area contributed by atoms with Crippen LogP contribution in [0.3, 0.4) is 0 Å². The Bertz CT molecular complexity index is 986. The van der Waals surface area contributed by atoms with Gasteiger partial charge in [-0.25, -0.2) is 4.79 Å². The lowest BCUT2D eigenvalue weighted by molar-refractivity contribution is -0.139. The average molecular weight is 390 g/mol. The molecular formula is C23H22N2O4. The second-order valence-electron chi connectivity index (χ2n) is 6.46. The summed E-state index contributed by atoms with van der Waals surface area (Å²) in [5, 5.41) is 9.61. The van der Waals surface area contributed by atoms with Gasteiger partial charge in [-0.15, -0.1) is 0 Å². The van der Waals surface area contributed by atoms with Crippen LogP contribution in [0.15, 0.2) is 77.4 Å². The molecule has 2 aromatic carbocycles. The highest BCUT2D eigenvalue weighted by atomic mass is 16.5. The van der Waals surface area contributed by atoms with E-state index in [1.165, 1.54) is 0 Å². The van der Waals surface area contributed by atoms with Crippen LogP contribution in [0.25, 0.3) is 0 Å². The summed E-state index contributed by atoms with van der Waals surface area (Å²) < 4.78 is 16.4. The lowest BCUT2D eigenvalue weighted by atomic mass is 9.83. The van der Waals surface area contributed by atoms with Crippen molar-refractivity contribution in [2.45, 2.75) is 26.4 Å². The summed E-state index contributed by atoms with van der Waals surface area (Å²) >= 11 is 0. The number of nitrogens with zero attached hydrogens (tertiary/aromatic N) is 1. The van der Waals surface area contributed by atoms with E-state index < -0.39 is 11.9 Å². The van der Waals surface area contributed by atoms with Crippen LogP contribution in [0.1, 0.15) is 30.9 Å². The summed E-state index contributed by atoms with van der Waals surface area (Å²) in [7, 11) is 0. The fraction of sp³-hybridized carbons (Fsp3) is 0.217. The molecule has 1 aliphatic rings. The topological polar surface area (TPSA) is 94.6 Å². The summed E-state index contributed by atoms with van der Waals surface area (Å²) in [5.41, 5.74) is 8.15. The van der Waals surface area contributed by atoms with Gasteiger partial charge < -0.3 is 19.9 Å². The SMILES string of the molecule is CCOC(=O)C1=C(C)OC(N)=C(C#N)[C@@H]1c1ccc(OCc2ccccc2)cc1. The molecule has 6 nitrogen and oxygen atoms in total. The van der Waals surface area contributed by atoms with Crippen molar-refractivity contribution in [2.24, 2.45) is 5.73 Å². The first-order valence-corrected chi connectivity index (χ1v) is 9.27. The van der Waals surface area contributed by atoms with Crippen molar-refractivity contribution in [3.63, 3.8) is 0 Å². The maximum Gasteiger partial charge on any atom is 0.338 e. The Labute approximate surface area is 169 Å². The molecule has 0 saturated heterocycles. The smallest absolute Gasteiger partial charge is 0.338 e. The van der Waals surface area contributed by atoms with Gasteiger partial charge in [0, 0.05) is 0 Å². The van der Waals surface area contributed by atoms with E-state index >= 15 is 0 Å². The van der Waals surface area contributed by atoms with E-state index in [0.717, 1.165) is 11.1 Å². The molecule has 0 amide bonds. The van der Waals surface area contributed by atoms with Crippen LogP contribution in [-0.4, -0.2) is 12.6 Å². The number of hydrogen-bond acceptors (Lipinski definition) is 6. The monoisotopic (exact) mass is 390 g/mol. The van der Waals surface area contributed by atoms with E-state index in [4.69, 9.17) is 19.9 Å². The highest BCUT2D eigenvalue weighted by molar-refractivity contribution is 5.92. The number of allylic oxidation sites excluding steroid dienone is 2. The van der Waals surface area contributed by atoms with Gasteiger partial charge in [-0.1, -0.05) is 42.5 Å². The Balaban J connectivity index is 1.88. The van der Waals surface area contributed by atoms with E-state index in [1.807, 2.05) is 42.5 Å². The van der Waals surface area contributed by atoms with Crippen molar-refractivity contribution in [3.05, 3.63) is 88.5 Å². The van der Waals surface area contributed by atoms with E-state index in [0.29, 0.717) is 18.1 Å². The molecule has 0 aliphatic carbocycles. The molecule has 0 unspecified atom stereocenters. The van der Waals surface area contributed by atoms with Gasteiger partial charge in [0.05, 0.1) is 18.1 Å². The predicted octanol–water partition coefficient (Wildman–Crippen LogP) is 3.91. The zero-order valence-electron chi connectivity index (χ0n) is 16.3. The number of carbonyl (C=O) groups excluding carboxylic acids is 1. The minimum atomic E-state index is -0.657. The first-order chi connectivity index (χ1) is 14.0. The van der Waals surface area contributed by atoms with Gasteiger partial charge in [-0.3, -0.25) is 0 Å². The van der Waals surface area contributed by atoms with Crippen LogP contribution < -0.4 is 10.5 Å². The Hall–Kier alpha value is -3.72. The standard InChI is InChI=1S/C23H22N2O4/c1-3-27-23(26)20-15(2)29-22(25)19(13-24)21(20)17-9-11-18(12-10-17)28-14-16-7-5-4-6-8-16/h4-12,21H,3,14,25H2,1-2H3/t21-/m0/s1. The van der Waals surface area contributed by atoms with Crippen LogP contribution in [0.4, 0.5) is 0 Å². The number of esters is 1. The van der Waals surface area contributed by atoms with Crippen LogP contribution >= 0.6 is 0 Å². The second-order valence-corrected chi connectivity index (χ2v) is 6.46. The van der Waals surface area contributed by atoms with Gasteiger partial charge in [-0.2, -0.15) is 5.26 Å². The van der Waals surface area contributed by atoms with Crippen molar-refractivity contribution in [2.75, 3.05) is 6.61 Å². The van der Waals surface area contributed by atoms with Crippen molar-refractivity contribution in [3.8, 4) is 11.8 Å². The molecule has 0 spiro atoms. The Morgan fingerprint density at radius 3 is 2.48 bits per heavy atom. The number of rotatable bonds is 6. The molecule has 148 valence electrons. The molecule has 0 aromatic heterocycles. The molecule has 6 heteroatoms. The van der Waals surface area contributed by atoms with Gasteiger partial charge in [0.2, 0.25) is 5.88 Å². The largest absolute Gasteiger partial charge is 0.489 e. The van der Waals surface area contributed by atoms with Crippen LogP contribution in [0.5, 0.6) is 5.75 Å². The van der Waals surface area contributed by atoms with Gasteiger partial charge in [0.1, 0.15) is 29.8 Å². The summed E-state index contributed by atoms with van der Waals surface area (Å²) in [5.74, 6) is -0.184. The third-order valence-corrected chi connectivity index (χ3v) is 4.56. The van der Waals surface area contributed by atoms with Gasteiger partial charge in [0.25, 0.3) is 0 Å². The summed E-state index contributed by atoms with van der Waals surface area (Å²) in [6.07, 6.45) is 0. The van der Waals surface area contributed by atoms with Crippen molar-refractivity contribution >= 4 is 5.97 Å². The first-order valence-electron chi connectivity index (χ1n) is 9.27. The van der Waals surface area contributed by atoms with E-state index in [-0.39, 0.29) is 23.6 Å². The highest BCUT2D eigenvalue weighted by Gasteiger charge is 2.36. The molecule has 1 heterocycles. The summed E-state index contributed by atoms with van der Waals surface area (Å²) in [4.78, 5) is 12.5. The molecule has 1 aliphatic heterocycles. The molecule has 0 radical (unpaired) electrons. The zero-order chi connectivity index (χ0) is 20.8. The van der Waals surface area contributed by atoms with E-state index in [2.05, 4.69) is 6.07 Å². The number of ether oxygens (including phenoxy) is 3. The number of carbonyl (C=O) groups is 1. The van der Waals surface area contributed by atoms with Crippen molar-refractivity contribution in [1.82, 2.24) is 0 Å². The minimum Gasteiger partial charge on any atom is -0.489 e. The molecule has 0 bridgehead atoms. The number of nitriles is 1. The van der Waals surface area contributed by atoms with Gasteiger partial charge in [0.15, 0.2) is 0 Å². The maximum atomic E-state index is 12.5. The third kappa shape index (κ3) is 4.41. The molecule has 29 heavy (non-hydrogen) atoms. The second kappa shape index (κ2) is 8.98. The van der Waals surface area contributed by atoms with E-state index in [1.54, 1.807) is 26.0 Å². The van der Waals surface area contributed by atoms with Crippen LogP contribution in [0.2, 0.25) is 0 Å². The summed E-state index contributed by atoms with van der Waals surface area (Å²) in [6.45, 7) is 4.02. The van der Waals surface area contributed by atoms with Gasteiger partial charge >= 0.3 is 5.97 Å². The fourth-order valence-corrected chi connectivity index (χ4v) is 3.19. The predicted molar refractivity (Wildman–Crippen MR) is 107 cm³/mol. The molecule has 2 aromatic rings. The number of hydrogen-bond donors (Lipinski definition) is 1. The lowest BCUT2D eigenvalue weighted by Crippen LogP contribution is -2.25. The van der Waals surface area contributed by atoms with Crippen molar-refractivity contribution in [1.29, 1.82) is 5.26 Å². The average Bonchev–Trinajstić information content (AvgIpc) is 2.73. The summed E-state index contributed by atoms with van der Waals surface area (Å²) in [6, 6.07) is 19.1. The van der Waals surface area contributed by atoms with Crippen molar-refractivity contribution < 1.29 is 19.0 Å². The van der Waals surface area contributed by atoms with Gasteiger partial charge in [-0.05, 0) is 37.1 Å². The Morgan fingerprint density at radius 2 is 1.86 bits per heavy atom. The molecular weight excluding hydrogens is 368 g/mol. The lowest BCUT2D eigenvalue weighted by Gasteiger charge is -2.26.